The van der Waals surface area contributed by atoms with Gasteiger partial charge in [0.15, 0.2) is 11.5 Å². The number of fused-ring (bicyclic) bond motifs is 1. The molecule has 2 aromatic rings. The SMILES string of the molecule is C[C@@H](Cc1ccc2c(c1)OCO2)NC(=O)Cc1ccccc1. The summed E-state index contributed by atoms with van der Waals surface area (Å²) in [5, 5.41) is 3.03. The topological polar surface area (TPSA) is 47.6 Å². The van der Waals surface area contributed by atoms with E-state index in [-0.39, 0.29) is 18.7 Å². The first-order chi connectivity index (χ1) is 10.7. The maximum Gasteiger partial charge on any atom is 0.231 e. The molecule has 0 saturated carbocycles. The fraction of sp³-hybridized carbons (Fsp3) is 0.278. The van der Waals surface area contributed by atoms with E-state index in [9.17, 15) is 4.79 Å². The highest BCUT2D eigenvalue weighted by atomic mass is 16.7. The zero-order chi connectivity index (χ0) is 15.4. The number of hydrogen-bond donors (Lipinski definition) is 1. The largest absolute Gasteiger partial charge is 0.454 e. The number of hydrogen-bond acceptors (Lipinski definition) is 3. The van der Waals surface area contributed by atoms with Gasteiger partial charge in [0.1, 0.15) is 0 Å². The Bertz CT molecular complexity index is 655. The van der Waals surface area contributed by atoms with Crippen molar-refractivity contribution in [3.05, 3.63) is 59.7 Å². The van der Waals surface area contributed by atoms with Gasteiger partial charge in [0, 0.05) is 6.04 Å². The zero-order valence-electron chi connectivity index (χ0n) is 12.5. The molecule has 0 bridgehead atoms. The van der Waals surface area contributed by atoms with Gasteiger partial charge in [0.05, 0.1) is 6.42 Å². The third kappa shape index (κ3) is 3.58. The summed E-state index contributed by atoms with van der Waals surface area (Å²) in [4.78, 5) is 12.0. The number of carbonyl (C=O) groups excluding carboxylic acids is 1. The number of benzene rings is 2. The first-order valence-electron chi connectivity index (χ1n) is 7.42. The lowest BCUT2D eigenvalue weighted by atomic mass is 10.1. The molecule has 1 aliphatic heterocycles. The predicted octanol–water partition coefficient (Wildman–Crippen LogP) is 2.71. The highest BCUT2D eigenvalue weighted by molar-refractivity contribution is 5.78. The molecule has 3 rings (SSSR count). The molecule has 1 aliphatic rings. The van der Waals surface area contributed by atoms with E-state index in [0.717, 1.165) is 29.0 Å². The van der Waals surface area contributed by atoms with Crippen LogP contribution < -0.4 is 14.8 Å². The highest BCUT2D eigenvalue weighted by Gasteiger charge is 2.15. The van der Waals surface area contributed by atoms with Gasteiger partial charge in [-0.05, 0) is 36.6 Å². The van der Waals surface area contributed by atoms with Crippen LogP contribution in [0.3, 0.4) is 0 Å². The number of rotatable bonds is 5. The summed E-state index contributed by atoms with van der Waals surface area (Å²) in [6.45, 7) is 2.29. The molecule has 0 spiro atoms. The van der Waals surface area contributed by atoms with Gasteiger partial charge < -0.3 is 14.8 Å². The highest BCUT2D eigenvalue weighted by Crippen LogP contribution is 2.32. The van der Waals surface area contributed by atoms with E-state index in [2.05, 4.69) is 5.32 Å². The van der Waals surface area contributed by atoms with Crippen molar-refractivity contribution in [3.63, 3.8) is 0 Å². The molecule has 0 unspecified atom stereocenters. The minimum atomic E-state index is 0.0412. The molecule has 1 heterocycles. The van der Waals surface area contributed by atoms with Crippen molar-refractivity contribution in [2.24, 2.45) is 0 Å². The minimum Gasteiger partial charge on any atom is -0.454 e. The van der Waals surface area contributed by atoms with Crippen LogP contribution in [0.2, 0.25) is 0 Å². The molecule has 22 heavy (non-hydrogen) atoms. The molecule has 0 saturated heterocycles. The number of carbonyl (C=O) groups is 1. The van der Waals surface area contributed by atoms with E-state index in [0.29, 0.717) is 6.42 Å². The van der Waals surface area contributed by atoms with Crippen LogP contribution in [-0.2, 0) is 17.6 Å². The first kappa shape index (κ1) is 14.4. The maximum absolute atomic E-state index is 12.0. The summed E-state index contributed by atoms with van der Waals surface area (Å²) in [7, 11) is 0. The lowest BCUT2D eigenvalue weighted by molar-refractivity contribution is -0.121. The van der Waals surface area contributed by atoms with Crippen molar-refractivity contribution < 1.29 is 14.3 Å². The van der Waals surface area contributed by atoms with Gasteiger partial charge >= 0.3 is 0 Å². The van der Waals surface area contributed by atoms with Crippen LogP contribution >= 0.6 is 0 Å². The number of amides is 1. The molecule has 1 amide bonds. The molecule has 1 atom stereocenters. The fourth-order valence-electron chi connectivity index (χ4n) is 2.58. The monoisotopic (exact) mass is 297 g/mol. The molecular weight excluding hydrogens is 278 g/mol. The Kier molecular flexibility index (Phi) is 4.28. The van der Waals surface area contributed by atoms with Crippen molar-refractivity contribution in [2.45, 2.75) is 25.8 Å². The summed E-state index contributed by atoms with van der Waals surface area (Å²) in [5.74, 6) is 1.60. The van der Waals surface area contributed by atoms with Crippen LogP contribution in [0.15, 0.2) is 48.5 Å². The third-order valence-corrected chi connectivity index (χ3v) is 3.59. The smallest absolute Gasteiger partial charge is 0.231 e. The molecule has 4 heteroatoms. The van der Waals surface area contributed by atoms with E-state index >= 15 is 0 Å². The molecule has 1 N–H and O–H groups in total. The fourth-order valence-corrected chi connectivity index (χ4v) is 2.58. The van der Waals surface area contributed by atoms with Crippen molar-refractivity contribution in [1.29, 1.82) is 0 Å². The molecule has 0 aliphatic carbocycles. The Morgan fingerprint density at radius 2 is 1.86 bits per heavy atom. The summed E-state index contributed by atoms with van der Waals surface area (Å²) in [5.41, 5.74) is 2.15. The summed E-state index contributed by atoms with van der Waals surface area (Å²) in [6.07, 6.45) is 1.17. The molecular formula is C18H19NO3. The zero-order valence-corrected chi connectivity index (χ0v) is 12.5. The second kappa shape index (κ2) is 6.52. The quantitative estimate of drug-likeness (QED) is 0.923. The van der Waals surface area contributed by atoms with Crippen LogP contribution in [-0.4, -0.2) is 18.7 Å². The van der Waals surface area contributed by atoms with E-state index in [1.807, 2.05) is 55.5 Å². The van der Waals surface area contributed by atoms with Crippen LogP contribution in [0, 0.1) is 0 Å². The van der Waals surface area contributed by atoms with Gasteiger partial charge in [0.2, 0.25) is 12.7 Å². The Hall–Kier alpha value is -2.49. The normalized spacial score (nSPS) is 13.7. The predicted molar refractivity (Wildman–Crippen MR) is 84.0 cm³/mol. The summed E-state index contributed by atoms with van der Waals surface area (Å²) >= 11 is 0. The lowest BCUT2D eigenvalue weighted by Crippen LogP contribution is -2.35. The molecule has 0 fully saturated rings. The standard InChI is InChI=1S/C18H19NO3/c1-13(19-18(20)11-14-5-3-2-4-6-14)9-15-7-8-16-17(10-15)22-12-21-16/h2-8,10,13H,9,11-12H2,1H3,(H,19,20)/t13-/m0/s1. The lowest BCUT2D eigenvalue weighted by Gasteiger charge is -2.14. The molecule has 4 nitrogen and oxygen atoms in total. The summed E-state index contributed by atoms with van der Waals surface area (Å²) in [6, 6.07) is 15.7. The van der Waals surface area contributed by atoms with Gasteiger partial charge in [-0.15, -0.1) is 0 Å². The Labute approximate surface area is 130 Å². The average Bonchev–Trinajstić information content (AvgIpc) is 2.95. The van der Waals surface area contributed by atoms with Gasteiger partial charge in [-0.1, -0.05) is 36.4 Å². The van der Waals surface area contributed by atoms with Crippen molar-refractivity contribution in [1.82, 2.24) is 5.32 Å². The van der Waals surface area contributed by atoms with Crippen LogP contribution in [0.4, 0.5) is 0 Å². The van der Waals surface area contributed by atoms with E-state index in [1.165, 1.54) is 0 Å². The number of ether oxygens (including phenoxy) is 2. The maximum atomic E-state index is 12.0. The van der Waals surface area contributed by atoms with Gasteiger partial charge in [-0.25, -0.2) is 0 Å². The van der Waals surface area contributed by atoms with Gasteiger partial charge in [0.25, 0.3) is 0 Å². The molecule has 2 aromatic carbocycles. The van der Waals surface area contributed by atoms with Crippen LogP contribution in [0.25, 0.3) is 0 Å². The molecule has 0 aromatic heterocycles. The Morgan fingerprint density at radius 1 is 1.09 bits per heavy atom. The van der Waals surface area contributed by atoms with Crippen LogP contribution in [0.5, 0.6) is 11.5 Å². The second-order valence-electron chi connectivity index (χ2n) is 5.52. The molecule has 0 radical (unpaired) electrons. The molecule has 114 valence electrons. The average molecular weight is 297 g/mol. The van der Waals surface area contributed by atoms with E-state index in [1.54, 1.807) is 0 Å². The van der Waals surface area contributed by atoms with Crippen molar-refractivity contribution >= 4 is 5.91 Å². The number of nitrogens with one attached hydrogen (secondary N) is 1. The first-order valence-corrected chi connectivity index (χ1v) is 7.42. The van der Waals surface area contributed by atoms with E-state index < -0.39 is 0 Å². The van der Waals surface area contributed by atoms with E-state index in [4.69, 9.17) is 9.47 Å². The van der Waals surface area contributed by atoms with Crippen LogP contribution in [0.1, 0.15) is 18.1 Å². The van der Waals surface area contributed by atoms with Gasteiger partial charge in [-0.3, -0.25) is 4.79 Å². The summed E-state index contributed by atoms with van der Waals surface area (Å²) < 4.78 is 10.7. The van der Waals surface area contributed by atoms with Crippen molar-refractivity contribution in [3.8, 4) is 11.5 Å². The second-order valence-corrected chi connectivity index (χ2v) is 5.52. The Balaban J connectivity index is 1.54. The Morgan fingerprint density at radius 3 is 2.68 bits per heavy atom. The third-order valence-electron chi connectivity index (χ3n) is 3.59. The van der Waals surface area contributed by atoms with Crippen molar-refractivity contribution in [2.75, 3.05) is 6.79 Å². The van der Waals surface area contributed by atoms with Gasteiger partial charge in [-0.2, -0.15) is 0 Å². The minimum absolute atomic E-state index is 0.0412.